The van der Waals surface area contributed by atoms with Crippen LogP contribution in [0, 0.1) is 5.82 Å². The third-order valence-corrected chi connectivity index (χ3v) is 2.45. The van der Waals surface area contributed by atoms with Crippen LogP contribution in [0.4, 0.5) is 4.39 Å². The van der Waals surface area contributed by atoms with Crippen molar-refractivity contribution in [1.82, 2.24) is 5.32 Å². The number of nitrogens with two attached hydrogens (primary N) is 1. The maximum absolute atomic E-state index is 12.9. The SMILES string of the molecule is CCCNC(C(N)=O)c1ccc(F)c(Cl)c1. The Balaban J connectivity index is 2.92. The van der Waals surface area contributed by atoms with Crippen molar-refractivity contribution in [2.24, 2.45) is 5.73 Å². The summed E-state index contributed by atoms with van der Waals surface area (Å²) >= 11 is 5.64. The van der Waals surface area contributed by atoms with Crippen molar-refractivity contribution < 1.29 is 9.18 Å². The fourth-order valence-electron chi connectivity index (χ4n) is 1.36. The van der Waals surface area contributed by atoms with Crippen molar-refractivity contribution in [2.45, 2.75) is 19.4 Å². The van der Waals surface area contributed by atoms with Crippen LogP contribution in [0.2, 0.25) is 5.02 Å². The van der Waals surface area contributed by atoms with Crippen LogP contribution in [0.1, 0.15) is 24.9 Å². The number of carbonyl (C=O) groups is 1. The molecule has 1 aromatic carbocycles. The van der Waals surface area contributed by atoms with Gasteiger partial charge in [-0.15, -0.1) is 0 Å². The molecule has 0 spiro atoms. The van der Waals surface area contributed by atoms with Gasteiger partial charge in [0.15, 0.2) is 0 Å². The van der Waals surface area contributed by atoms with E-state index in [4.69, 9.17) is 17.3 Å². The lowest BCUT2D eigenvalue weighted by Gasteiger charge is -2.15. The number of benzene rings is 1. The molecule has 0 saturated heterocycles. The zero-order valence-electron chi connectivity index (χ0n) is 8.97. The smallest absolute Gasteiger partial charge is 0.239 e. The number of amides is 1. The second-order valence-electron chi connectivity index (χ2n) is 3.46. The van der Waals surface area contributed by atoms with Gasteiger partial charge in [-0.3, -0.25) is 4.79 Å². The molecular weight excluding hydrogens is 231 g/mol. The Hall–Kier alpha value is -1.13. The van der Waals surface area contributed by atoms with Gasteiger partial charge in [0.1, 0.15) is 11.9 Å². The van der Waals surface area contributed by atoms with E-state index in [-0.39, 0.29) is 5.02 Å². The molecule has 0 bridgehead atoms. The van der Waals surface area contributed by atoms with Gasteiger partial charge in [0.2, 0.25) is 5.91 Å². The summed E-state index contributed by atoms with van der Waals surface area (Å²) in [6.07, 6.45) is 0.874. The Morgan fingerprint density at radius 2 is 2.31 bits per heavy atom. The molecule has 0 aromatic heterocycles. The van der Waals surface area contributed by atoms with E-state index in [1.807, 2.05) is 6.92 Å². The Kier molecular flexibility index (Phi) is 4.71. The van der Waals surface area contributed by atoms with Crippen LogP contribution in [0.5, 0.6) is 0 Å². The first-order valence-electron chi connectivity index (χ1n) is 5.04. The van der Waals surface area contributed by atoms with Gasteiger partial charge in [-0.2, -0.15) is 0 Å². The van der Waals surface area contributed by atoms with Gasteiger partial charge in [-0.1, -0.05) is 24.6 Å². The van der Waals surface area contributed by atoms with E-state index in [1.54, 1.807) is 0 Å². The van der Waals surface area contributed by atoms with Crippen molar-refractivity contribution in [1.29, 1.82) is 0 Å². The molecule has 1 rings (SSSR count). The van der Waals surface area contributed by atoms with Crippen molar-refractivity contribution in [3.63, 3.8) is 0 Å². The average molecular weight is 245 g/mol. The highest BCUT2D eigenvalue weighted by Crippen LogP contribution is 2.20. The molecule has 1 unspecified atom stereocenters. The van der Waals surface area contributed by atoms with Gasteiger partial charge in [0, 0.05) is 0 Å². The molecule has 16 heavy (non-hydrogen) atoms. The van der Waals surface area contributed by atoms with E-state index in [1.165, 1.54) is 18.2 Å². The molecule has 3 N–H and O–H groups in total. The third-order valence-electron chi connectivity index (χ3n) is 2.16. The minimum atomic E-state index is -0.627. The van der Waals surface area contributed by atoms with Crippen LogP contribution in [0.15, 0.2) is 18.2 Å². The minimum Gasteiger partial charge on any atom is -0.368 e. The zero-order valence-corrected chi connectivity index (χ0v) is 9.72. The first-order valence-corrected chi connectivity index (χ1v) is 5.41. The number of halogens is 2. The van der Waals surface area contributed by atoms with Crippen molar-refractivity contribution in [2.75, 3.05) is 6.54 Å². The first kappa shape index (κ1) is 12.9. The van der Waals surface area contributed by atoms with Gasteiger partial charge >= 0.3 is 0 Å². The Bertz CT molecular complexity index is 384. The third kappa shape index (κ3) is 3.18. The summed E-state index contributed by atoms with van der Waals surface area (Å²) in [6.45, 7) is 2.63. The van der Waals surface area contributed by atoms with E-state index in [0.29, 0.717) is 12.1 Å². The highest BCUT2D eigenvalue weighted by atomic mass is 35.5. The predicted octanol–water partition coefficient (Wildman–Crippen LogP) is 2.01. The molecule has 0 aliphatic rings. The van der Waals surface area contributed by atoms with Gasteiger partial charge in [-0.25, -0.2) is 4.39 Å². The van der Waals surface area contributed by atoms with Crippen molar-refractivity contribution >= 4 is 17.5 Å². The molecule has 1 atom stereocenters. The van der Waals surface area contributed by atoms with E-state index in [2.05, 4.69) is 5.32 Å². The molecule has 3 nitrogen and oxygen atoms in total. The fourth-order valence-corrected chi connectivity index (χ4v) is 1.55. The lowest BCUT2D eigenvalue weighted by Crippen LogP contribution is -2.34. The molecule has 1 amide bonds. The Morgan fingerprint density at radius 3 is 2.81 bits per heavy atom. The highest BCUT2D eigenvalue weighted by molar-refractivity contribution is 6.30. The van der Waals surface area contributed by atoms with Crippen LogP contribution in [-0.4, -0.2) is 12.5 Å². The number of rotatable bonds is 5. The summed E-state index contributed by atoms with van der Waals surface area (Å²) in [6, 6.07) is 3.51. The minimum absolute atomic E-state index is 0.0120. The molecule has 0 heterocycles. The molecule has 1 aromatic rings. The van der Waals surface area contributed by atoms with E-state index in [0.717, 1.165) is 6.42 Å². The summed E-state index contributed by atoms with van der Waals surface area (Å²) in [5, 5.41) is 2.96. The molecule has 5 heteroatoms. The van der Waals surface area contributed by atoms with Crippen LogP contribution >= 0.6 is 11.6 Å². The summed E-state index contributed by atoms with van der Waals surface area (Å²) in [5.41, 5.74) is 5.84. The standard InChI is InChI=1S/C11H14ClFN2O/c1-2-5-15-10(11(14)16)7-3-4-9(13)8(12)6-7/h3-4,6,10,15H,2,5H2,1H3,(H2,14,16). The molecule has 0 fully saturated rings. The molecule has 88 valence electrons. The van der Waals surface area contributed by atoms with Crippen LogP contribution in [0.3, 0.4) is 0 Å². The normalized spacial score (nSPS) is 12.4. The van der Waals surface area contributed by atoms with Crippen molar-refractivity contribution in [3.05, 3.63) is 34.6 Å². The Labute approximate surface area is 98.8 Å². The largest absolute Gasteiger partial charge is 0.368 e. The maximum atomic E-state index is 12.9. The molecular formula is C11H14ClFN2O. The number of primary amides is 1. The average Bonchev–Trinajstić information content (AvgIpc) is 2.23. The van der Waals surface area contributed by atoms with Gasteiger partial charge in [0.05, 0.1) is 5.02 Å². The highest BCUT2D eigenvalue weighted by Gasteiger charge is 2.17. The quantitative estimate of drug-likeness (QED) is 0.833. The Morgan fingerprint density at radius 1 is 1.62 bits per heavy atom. The monoisotopic (exact) mass is 244 g/mol. The van der Waals surface area contributed by atoms with Gasteiger partial charge < -0.3 is 11.1 Å². The maximum Gasteiger partial charge on any atom is 0.239 e. The lowest BCUT2D eigenvalue weighted by atomic mass is 10.1. The van der Waals surface area contributed by atoms with Crippen LogP contribution in [-0.2, 0) is 4.79 Å². The second kappa shape index (κ2) is 5.82. The zero-order chi connectivity index (χ0) is 12.1. The summed E-state index contributed by atoms with van der Waals surface area (Å²) < 4.78 is 12.9. The number of hydrogen-bond donors (Lipinski definition) is 2. The van der Waals surface area contributed by atoms with Crippen LogP contribution < -0.4 is 11.1 Å². The summed E-state index contributed by atoms with van der Waals surface area (Å²) in [4.78, 5) is 11.2. The number of nitrogens with one attached hydrogen (secondary N) is 1. The number of hydrogen-bond acceptors (Lipinski definition) is 2. The van der Waals surface area contributed by atoms with E-state index in [9.17, 15) is 9.18 Å². The number of carbonyl (C=O) groups excluding carboxylic acids is 1. The van der Waals surface area contributed by atoms with Crippen LogP contribution in [0.25, 0.3) is 0 Å². The van der Waals surface area contributed by atoms with Gasteiger partial charge in [-0.05, 0) is 30.7 Å². The van der Waals surface area contributed by atoms with Gasteiger partial charge in [0.25, 0.3) is 0 Å². The molecule has 0 saturated carbocycles. The molecule has 0 aliphatic heterocycles. The lowest BCUT2D eigenvalue weighted by molar-refractivity contribution is -0.120. The van der Waals surface area contributed by atoms with E-state index >= 15 is 0 Å². The predicted molar refractivity (Wildman–Crippen MR) is 61.6 cm³/mol. The summed E-state index contributed by atoms with van der Waals surface area (Å²) in [5.74, 6) is -1.01. The van der Waals surface area contributed by atoms with Crippen molar-refractivity contribution in [3.8, 4) is 0 Å². The fraction of sp³-hybridized carbons (Fsp3) is 0.364. The first-order chi connectivity index (χ1) is 7.56. The molecule has 0 radical (unpaired) electrons. The molecule has 0 aliphatic carbocycles. The second-order valence-corrected chi connectivity index (χ2v) is 3.87. The summed E-state index contributed by atoms with van der Waals surface area (Å²) in [7, 11) is 0. The topological polar surface area (TPSA) is 55.1 Å². The van der Waals surface area contributed by atoms with E-state index < -0.39 is 17.8 Å².